The number of benzene rings is 1. The van der Waals surface area contributed by atoms with Crippen molar-refractivity contribution in [2.24, 2.45) is 0 Å². The van der Waals surface area contributed by atoms with Crippen LogP contribution in [0.5, 0.6) is 0 Å². The number of aryl methyl sites for hydroxylation is 2. The van der Waals surface area contributed by atoms with Crippen molar-refractivity contribution in [1.29, 1.82) is 0 Å². The van der Waals surface area contributed by atoms with E-state index in [-0.39, 0.29) is 17.6 Å². The fraction of sp³-hybridized carbons (Fsp3) is 0.389. The molecule has 0 atom stereocenters. The predicted octanol–water partition coefficient (Wildman–Crippen LogP) is 2.94. The minimum atomic E-state index is -0.177. The Morgan fingerprint density at radius 3 is 2.59 bits per heavy atom. The summed E-state index contributed by atoms with van der Waals surface area (Å²) in [4.78, 5) is 23.2. The molecule has 9 heteroatoms. The van der Waals surface area contributed by atoms with Crippen molar-refractivity contribution in [3.8, 4) is 5.69 Å². The molecule has 0 saturated carbocycles. The zero-order valence-electron chi connectivity index (χ0n) is 15.1. The molecule has 1 aliphatic heterocycles. The fourth-order valence-electron chi connectivity index (χ4n) is 3.28. The normalized spacial score (nSPS) is 15.3. The number of aromatic nitrogens is 5. The number of carbonyl (C=O) groups is 1. The van der Waals surface area contributed by atoms with E-state index in [2.05, 4.69) is 20.2 Å². The first-order valence-electron chi connectivity index (χ1n) is 8.81. The summed E-state index contributed by atoms with van der Waals surface area (Å²) in [5.74, 6) is 2.08. The molecule has 3 heterocycles. The molecular formula is C18H19ClN6O2. The minimum absolute atomic E-state index is 0.177. The number of hydrogen-bond donors (Lipinski definition) is 0. The van der Waals surface area contributed by atoms with Gasteiger partial charge in [0.1, 0.15) is 5.82 Å². The average molecular weight is 387 g/mol. The number of nitrogens with zero attached hydrogens (tertiary/aromatic N) is 6. The molecular weight excluding hydrogens is 368 g/mol. The van der Waals surface area contributed by atoms with Gasteiger partial charge in [-0.2, -0.15) is 4.98 Å². The molecule has 1 saturated heterocycles. The maximum Gasteiger partial charge on any atom is 0.293 e. The summed E-state index contributed by atoms with van der Waals surface area (Å²) in [5, 5.41) is 8.78. The van der Waals surface area contributed by atoms with E-state index in [0.717, 1.165) is 12.8 Å². The third-order valence-electron chi connectivity index (χ3n) is 4.72. The molecule has 27 heavy (non-hydrogen) atoms. The summed E-state index contributed by atoms with van der Waals surface area (Å²) in [6, 6.07) is 7.34. The number of para-hydroxylation sites is 1. The molecule has 1 fully saturated rings. The van der Waals surface area contributed by atoms with Crippen LogP contribution in [0.3, 0.4) is 0 Å². The topological polar surface area (TPSA) is 89.9 Å². The number of likely N-dealkylation sites (tertiary alicyclic amines) is 1. The Balaban J connectivity index is 1.48. The fourth-order valence-corrected chi connectivity index (χ4v) is 3.50. The second-order valence-electron chi connectivity index (χ2n) is 6.59. The molecule has 0 spiro atoms. The van der Waals surface area contributed by atoms with Crippen molar-refractivity contribution in [2.75, 3.05) is 13.1 Å². The lowest BCUT2D eigenvalue weighted by molar-refractivity contribution is 0.0692. The lowest BCUT2D eigenvalue weighted by Gasteiger charge is -2.29. The molecule has 140 valence electrons. The van der Waals surface area contributed by atoms with Crippen molar-refractivity contribution >= 4 is 17.5 Å². The van der Waals surface area contributed by atoms with E-state index in [1.165, 1.54) is 0 Å². The SMILES string of the molecule is Cc1noc(C2CCN(C(=O)c3nc(C)n(-c4ccccc4Cl)n3)CC2)n1. The Kier molecular flexibility index (Phi) is 4.65. The van der Waals surface area contributed by atoms with Gasteiger partial charge in [0.05, 0.1) is 10.7 Å². The molecule has 8 nitrogen and oxygen atoms in total. The highest BCUT2D eigenvalue weighted by atomic mass is 35.5. The van der Waals surface area contributed by atoms with Crippen molar-refractivity contribution in [2.45, 2.75) is 32.6 Å². The van der Waals surface area contributed by atoms with Gasteiger partial charge in [0.2, 0.25) is 11.7 Å². The van der Waals surface area contributed by atoms with Crippen LogP contribution in [0.4, 0.5) is 0 Å². The first kappa shape index (κ1) is 17.7. The van der Waals surface area contributed by atoms with Crippen LogP contribution in [0.25, 0.3) is 5.69 Å². The summed E-state index contributed by atoms with van der Waals surface area (Å²) in [6.45, 7) is 4.81. The van der Waals surface area contributed by atoms with Gasteiger partial charge < -0.3 is 9.42 Å². The van der Waals surface area contributed by atoms with E-state index in [4.69, 9.17) is 16.1 Å². The largest absolute Gasteiger partial charge is 0.339 e. The summed E-state index contributed by atoms with van der Waals surface area (Å²) >= 11 is 6.24. The smallest absolute Gasteiger partial charge is 0.293 e. The van der Waals surface area contributed by atoms with Crippen LogP contribution in [0.2, 0.25) is 5.02 Å². The first-order chi connectivity index (χ1) is 13.0. The number of hydrogen-bond acceptors (Lipinski definition) is 6. The molecule has 0 unspecified atom stereocenters. The molecule has 3 aromatic rings. The van der Waals surface area contributed by atoms with Gasteiger partial charge in [-0.15, -0.1) is 5.10 Å². The standard InChI is InChI=1S/C18H19ClN6O2/c1-11-20-17(27-23-11)13-7-9-24(10-8-13)18(26)16-21-12(2)25(22-16)15-6-4-3-5-14(15)19/h3-6,13H,7-10H2,1-2H3. The lowest BCUT2D eigenvalue weighted by Crippen LogP contribution is -2.38. The lowest BCUT2D eigenvalue weighted by atomic mass is 9.96. The molecule has 0 aliphatic carbocycles. The van der Waals surface area contributed by atoms with Gasteiger partial charge in [0.15, 0.2) is 5.82 Å². The van der Waals surface area contributed by atoms with Crippen molar-refractivity contribution in [3.63, 3.8) is 0 Å². The van der Waals surface area contributed by atoms with Crippen LogP contribution in [0, 0.1) is 13.8 Å². The van der Waals surface area contributed by atoms with Crippen molar-refractivity contribution in [3.05, 3.63) is 52.7 Å². The Labute approximate surface area is 161 Å². The van der Waals surface area contributed by atoms with E-state index in [0.29, 0.717) is 41.3 Å². The summed E-state index contributed by atoms with van der Waals surface area (Å²) in [5.41, 5.74) is 0.702. The van der Waals surface area contributed by atoms with Gasteiger partial charge in [-0.25, -0.2) is 9.67 Å². The summed E-state index contributed by atoms with van der Waals surface area (Å²) in [6.07, 6.45) is 1.55. The van der Waals surface area contributed by atoms with E-state index in [1.807, 2.05) is 18.2 Å². The van der Waals surface area contributed by atoms with E-state index >= 15 is 0 Å². The zero-order valence-corrected chi connectivity index (χ0v) is 15.8. The number of piperidine rings is 1. The monoisotopic (exact) mass is 386 g/mol. The Hall–Kier alpha value is -2.74. The number of amides is 1. The highest BCUT2D eigenvalue weighted by Crippen LogP contribution is 2.27. The molecule has 4 rings (SSSR count). The molecule has 1 amide bonds. The van der Waals surface area contributed by atoms with Gasteiger partial charge in [0.25, 0.3) is 5.91 Å². The summed E-state index contributed by atoms with van der Waals surface area (Å²) < 4.78 is 6.86. The van der Waals surface area contributed by atoms with Crippen molar-refractivity contribution in [1.82, 2.24) is 29.8 Å². The molecule has 2 aromatic heterocycles. The third kappa shape index (κ3) is 3.44. The van der Waals surface area contributed by atoms with Gasteiger partial charge in [-0.3, -0.25) is 4.79 Å². The van der Waals surface area contributed by atoms with E-state index in [1.54, 1.807) is 29.5 Å². The van der Waals surface area contributed by atoms with Gasteiger partial charge in [0, 0.05) is 19.0 Å². The number of halogens is 1. The molecule has 1 aliphatic rings. The quantitative estimate of drug-likeness (QED) is 0.687. The maximum absolute atomic E-state index is 12.8. The van der Waals surface area contributed by atoms with Crippen LogP contribution in [-0.4, -0.2) is 48.8 Å². The Morgan fingerprint density at radius 1 is 1.19 bits per heavy atom. The molecule has 1 aromatic carbocycles. The third-order valence-corrected chi connectivity index (χ3v) is 5.04. The first-order valence-corrected chi connectivity index (χ1v) is 9.19. The highest BCUT2D eigenvalue weighted by molar-refractivity contribution is 6.32. The highest BCUT2D eigenvalue weighted by Gasteiger charge is 2.29. The second-order valence-corrected chi connectivity index (χ2v) is 7.00. The van der Waals surface area contributed by atoms with Crippen LogP contribution in [-0.2, 0) is 0 Å². The van der Waals surface area contributed by atoms with E-state index < -0.39 is 0 Å². The van der Waals surface area contributed by atoms with E-state index in [9.17, 15) is 4.79 Å². The number of rotatable bonds is 3. The van der Waals surface area contributed by atoms with Crippen LogP contribution >= 0.6 is 11.6 Å². The van der Waals surface area contributed by atoms with Gasteiger partial charge in [-0.05, 0) is 38.8 Å². The molecule has 0 bridgehead atoms. The Bertz CT molecular complexity index is 974. The van der Waals surface area contributed by atoms with Crippen LogP contribution in [0.15, 0.2) is 28.8 Å². The van der Waals surface area contributed by atoms with Gasteiger partial charge >= 0.3 is 0 Å². The van der Waals surface area contributed by atoms with Crippen molar-refractivity contribution < 1.29 is 9.32 Å². The summed E-state index contributed by atoms with van der Waals surface area (Å²) in [7, 11) is 0. The maximum atomic E-state index is 12.8. The molecule has 0 radical (unpaired) electrons. The predicted molar refractivity (Wildman–Crippen MR) is 98.0 cm³/mol. The Morgan fingerprint density at radius 2 is 1.93 bits per heavy atom. The zero-order chi connectivity index (χ0) is 19.0. The van der Waals surface area contributed by atoms with Crippen LogP contribution in [0.1, 0.15) is 46.9 Å². The molecule has 0 N–H and O–H groups in total. The van der Waals surface area contributed by atoms with Crippen LogP contribution < -0.4 is 0 Å². The average Bonchev–Trinajstić information content (AvgIpc) is 3.28. The number of carbonyl (C=O) groups excluding carboxylic acids is 1. The second kappa shape index (κ2) is 7.11. The minimum Gasteiger partial charge on any atom is -0.339 e. The van der Waals surface area contributed by atoms with Gasteiger partial charge in [-0.1, -0.05) is 28.9 Å².